The van der Waals surface area contributed by atoms with Gasteiger partial charge in [0.25, 0.3) is 5.56 Å². The average molecular weight is 793 g/mol. The number of nitrogens with one attached hydrogen (secondary N) is 2. The number of hydrogen-bond acceptors (Lipinski definition) is 7. The van der Waals surface area contributed by atoms with Gasteiger partial charge in [0.1, 0.15) is 24.1 Å². The number of anilines is 1. The van der Waals surface area contributed by atoms with Gasteiger partial charge in [-0.05, 0) is 77.0 Å². The molecular formula is C31H57IN4O6Si3. The molecule has 3 heterocycles. The zero-order chi connectivity index (χ0) is 34.7. The van der Waals surface area contributed by atoms with E-state index >= 15 is 0 Å². The largest absolute Gasteiger partial charge is 0.414 e. The number of ether oxygens (including phenoxy) is 1. The van der Waals surface area contributed by atoms with Crippen LogP contribution in [0.2, 0.25) is 54.4 Å². The lowest BCUT2D eigenvalue weighted by Gasteiger charge is -2.44. The summed E-state index contributed by atoms with van der Waals surface area (Å²) >= 11 is 2.15. The lowest BCUT2D eigenvalue weighted by atomic mass is 10.1. The highest BCUT2D eigenvalue weighted by atomic mass is 127. The summed E-state index contributed by atoms with van der Waals surface area (Å²) in [6.07, 6.45) is -0.328. The van der Waals surface area contributed by atoms with Gasteiger partial charge in [-0.25, -0.2) is 4.98 Å². The molecule has 1 aliphatic rings. The molecule has 14 heteroatoms. The number of pyridine rings is 1. The van der Waals surface area contributed by atoms with Crippen molar-refractivity contribution < 1.29 is 22.8 Å². The number of hydrogen-bond donors (Lipinski definition) is 2. The minimum Gasteiger partial charge on any atom is -0.414 e. The number of H-pyrrole nitrogens is 1. The summed E-state index contributed by atoms with van der Waals surface area (Å²) < 4.78 is 30.9. The van der Waals surface area contributed by atoms with Gasteiger partial charge in [-0.3, -0.25) is 14.2 Å². The minimum atomic E-state index is -2.37. The Morgan fingerprint density at radius 3 is 1.89 bits per heavy atom. The van der Waals surface area contributed by atoms with Crippen LogP contribution in [0.1, 0.15) is 75.5 Å². The molecule has 0 radical (unpaired) electrons. The van der Waals surface area contributed by atoms with E-state index in [4.69, 9.17) is 18.0 Å². The Morgan fingerprint density at radius 1 is 0.933 bits per heavy atom. The lowest BCUT2D eigenvalue weighted by Crippen LogP contribution is -2.54. The van der Waals surface area contributed by atoms with Crippen LogP contribution >= 0.6 is 22.6 Å². The van der Waals surface area contributed by atoms with E-state index in [1.165, 1.54) is 6.92 Å². The second-order valence-corrected chi connectivity index (χ2v) is 32.4. The standard InChI is InChI=1S/C31H57IN4O6Si3/c1-19(37)34-26-21(32)23-22(27(38)35-26)33-18-36(23)28-25(42-45(15,16)31(8,9)10)24(41-44(13,14)30(5,6)7)20(40-28)17-39-43(11,12)29(2,3)4/h18,20,24-25,28H,17H2,1-16H3,(H2,34,35,37,38)/t20-,24-,25-,28-/m1/s1. The number of imidazole rings is 1. The maximum atomic E-state index is 13.2. The molecule has 1 aliphatic heterocycles. The number of carbonyl (C=O) groups excluding carboxylic acids is 1. The highest BCUT2D eigenvalue weighted by Gasteiger charge is 2.55. The third-order valence-corrected chi connectivity index (χ3v) is 24.9. The van der Waals surface area contributed by atoms with E-state index in [0.717, 1.165) is 0 Å². The van der Waals surface area contributed by atoms with Gasteiger partial charge in [-0.15, -0.1) is 0 Å². The molecule has 0 unspecified atom stereocenters. The monoisotopic (exact) mass is 792 g/mol. The van der Waals surface area contributed by atoms with Crippen molar-refractivity contribution in [3.05, 3.63) is 20.3 Å². The van der Waals surface area contributed by atoms with Crippen LogP contribution in [0.5, 0.6) is 0 Å². The molecule has 2 N–H and O–H groups in total. The predicted molar refractivity (Wildman–Crippen MR) is 199 cm³/mol. The highest BCUT2D eigenvalue weighted by molar-refractivity contribution is 14.1. The molecule has 1 amide bonds. The normalized spacial score (nSPS) is 22.3. The van der Waals surface area contributed by atoms with Gasteiger partial charge in [0.2, 0.25) is 5.91 Å². The third kappa shape index (κ3) is 8.05. The van der Waals surface area contributed by atoms with Crippen LogP contribution in [0.25, 0.3) is 11.0 Å². The smallest absolute Gasteiger partial charge is 0.277 e. The van der Waals surface area contributed by atoms with Crippen LogP contribution in [0.3, 0.4) is 0 Å². The Balaban J connectivity index is 2.27. The Morgan fingerprint density at radius 2 is 1.42 bits per heavy atom. The van der Waals surface area contributed by atoms with Gasteiger partial charge in [0.15, 0.2) is 36.7 Å². The van der Waals surface area contributed by atoms with Crippen LogP contribution in [-0.2, 0) is 22.8 Å². The second-order valence-electron chi connectivity index (χ2n) is 17.0. The lowest BCUT2D eigenvalue weighted by molar-refractivity contribution is -0.114. The molecule has 10 nitrogen and oxygen atoms in total. The van der Waals surface area contributed by atoms with E-state index in [0.29, 0.717) is 21.5 Å². The minimum absolute atomic E-state index is 0.0234. The summed E-state index contributed by atoms with van der Waals surface area (Å²) in [5.74, 6) is 0.0463. The van der Waals surface area contributed by atoms with Crippen molar-refractivity contribution in [3.8, 4) is 0 Å². The highest BCUT2D eigenvalue weighted by Crippen LogP contribution is 2.47. The SMILES string of the molecule is CC(=O)Nc1[nH]c(=O)c2ncn([C@@H]3O[C@H](CO[Si](C)(C)C(C)(C)C)[C@@H](O[Si](C)(C)C(C)(C)C)[C@H]3O[Si](C)(C)C(C)(C)C)c2c1I. The summed E-state index contributed by atoms with van der Waals surface area (Å²) in [7, 11) is -6.82. The quantitative estimate of drug-likeness (QED) is 0.195. The van der Waals surface area contributed by atoms with Crippen molar-refractivity contribution in [2.24, 2.45) is 0 Å². The zero-order valence-corrected chi connectivity index (χ0v) is 35.5. The molecule has 1 fully saturated rings. The number of rotatable bonds is 9. The number of aromatic nitrogens is 3. The van der Waals surface area contributed by atoms with Crippen LogP contribution in [-0.4, -0.2) is 70.3 Å². The van der Waals surface area contributed by atoms with Gasteiger partial charge >= 0.3 is 0 Å². The maximum absolute atomic E-state index is 13.2. The van der Waals surface area contributed by atoms with Crippen molar-refractivity contribution >= 4 is 70.3 Å². The molecule has 2 aromatic rings. The summed E-state index contributed by atoms with van der Waals surface area (Å²) in [6.45, 7) is 35.3. The van der Waals surface area contributed by atoms with Crippen LogP contribution < -0.4 is 10.9 Å². The van der Waals surface area contributed by atoms with Crippen molar-refractivity contribution in [1.82, 2.24) is 14.5 Å². The molecule has 0 aromatic carbocycles. The van der Waals surface area contributed by atoms with E-state index in [1.54, 1.807) is 6.33 Å². The first-order valence-electron chi connectivity index (χ1n) is 15.8. The fraction of sp³-hybridized carbons (Fsp3) is 0.774. The van der Waals surface area contributed by atoms with E-state index in [2.05, 4.69) is 139 Å². The van der Waals surface area contributed by atoms with Crippen LogP contribution in [0.4, 0.5) is 5.82 Å². The van der Waals surface area contributed by atoms with Crippen molar-refractivity contribution in [3.63, 3.8) is 0 Å². The first-order valence-corrected chi connectivity index (χ1v) is 25.6. The van der Waals surface area contributed by atoms with Gasteiger partial charge < -0.3 is 28.3 Å². The molecule has 256 valence electrons. The van der Waals surface area contributed by atoms with Crippen molar-refractivity contribution in [2.75, 3.05) is 11.9 Å². The molecule has 2 aromatic heterocycles. The molecule has 45 heavy (non-hydrogen) atoms. The van der Waals surface area contributed by atoms with Crippen molar-refractivity contribution in [2.45, 2.75) is 148 Å². The third-order valence-electron chi connectivity index (χ3n) is 10.4. The second kappa shape index (κ2) is 12.9. The molecule has 0 spiro atoms. The van der Waals surface area contributed by atoms with Gasteiger partial charge in [0.05, 0.1) is 22.0 Å². The van der Waals surface area contributed by atoms with Gasteiger partial charge in [0, 0.05) is 6.92 Å². The summed E-state index contributed by atoms with van der Waals surface area (Å²) in [5.41, 5.74) is 0.458. The van der Waals surface area contributed by atoms with E-state index < -0.39 is 49.5 Å². The molecule has 3 rings (SSSR count). The number of halogens is 1. The van der Waals surface area contributed by atoms with Gasteiger partial charge in [-0.1, -0.05) is 62.3 Å². The Labute approximate surface area is 286 Å². The Hall–Kier alpha value is -0.889. The first kappa shape index (κ1) is 38.6. The Kier molecular flexibility index (Phi) is 11.0. The number of aromatic amines is 1. The summed E-state index contributed by atoms with van der Waals surface area (Å²) in [4.78, 5) is 32.4. The fourth-order valence-corrected chi connectivity index (χ4v) is 8.84. The average Bonchev–Trinajstić information content (AvgIpc) is 3.41. The van der Waals surface area contributed by atoms with Gasteiger partial charge in [-0.2, -0.15) is 0 Å². The molecular weight excluding hydrogens is 736 g/mol. The van der Waals surface area contributed by atoms with Crippen molar-refractivity contribution in [1.29, 1.82) is 0 Å². The topological polar surface area (TPSA) is 117 Å². The number of carbonyl (C=O) groups is 1. The molecule has 0 bridgehead atoms. The predicted octanol–water partition coefficient (Wildman–Crippen LogP) is 7.99. The summed E-state index contributed by atoms with van der Waals surface area (Å²) in [6, 6.07) is 0. The number of nitrogens with zero attached hydrogens (tertiary/aromatic N) is 2. The van der Waals surface area contributed by atoms with E-state index in [9.17, 15) is 9.59 Å². The maximum Gasteiger partial charge on any atom is 0.277 e. The summed E-state index contributed by atoms with van der Waals surface area (Å²) in [5, 5.41) is 2.66. The number of amides is 1. The van der Waals surface area contributed by atoms with Crippen LogP contribution in [0, 0.1) is 3.57 Å². The van der Waals surface area contributed by atoms with E-state index in [1.807, 2.05) is 4.57 Å². The van der Waals surface area contributed by atoms with E-state index in [-0.39, 0.29) is 32.1 Å². The Bertz CT molecular complexity index is 1450. The zero-order valence-electron chi connectivity index (χ0n) is 30.3. The molecule has 0 saturated carbocycles. The molecule has 1 saturated heterocycles. The fourth-order valence-electron chi connectivity index (χ4n) is 4.42. The van der Waals surface area contributed by atoms with Crippen LogP contribution in [0.15, 0.2) is 11.1 Å². The number of fused-ring (bicyclic) bond motifs is 1. The molecule has 4 atom stereocenters. The molecule has 0 aliphatic carbocycles. The first-order chi connectivity index (χ1) is 20.1.